The van der Waals surface area contributed by atoms with E-state index in [2.05, 4.69) is 4.90 Å². The van der Waals surface area contributed by atoms with E-state index in [1.165, 1.54) is 12.8 Å². The molecule has 1 heterocycles. The molecule has 1 saturated carbocycles. The highest BCUT2D eigenvalue weighted by Crippen LogP contribution is 2.29. The maximum atomic E-state index is 12.1. The Morgan fingerprint density at radius 1 is 1.47 bits per heavy atom. The van der Waals surface area contributed by atoms with Crippen LogP contribution in [0.1, 0.15) is 39.0 Å². The van der Waals surface area contributed by atoms with Crippen molar-refractivity contribution in [3.05, 3.63) is 0 Å². The first kappa shape index (κ1) is 12.8. The first-order valence-electron chi connectivity index (χ1n) is 6.79. The molecule has 17 heavy (non-hydrogen) atoms. The van der Waals surface area contributed by atoms with Crippen LogP contribution in [0.2, 0.25) is 0 Å². The van der Waals surface area contributed by atoms with Gasteiger partial charge in [-0.1, -0.05) is 0 Å². The molecule has 1 aliphatic carbocycles. The van der Waals surface area contributed by atoms with Gasteiger partial charge in [0.2, 0.25) is 5.91 Å². The summed E-state index contributed by atoms with van der Waals surface area (Å²) in [5.41, 5.74) is 5.71. The Morgan fingerprint density at radius 2 is 2.24 bits per heavy atom. The van der Waals surface area contributed by atoms with Crippen molar-refractivity contribution in [3.8, 4) is 0 Å². The first-order valence-corrected chi connectivity index (χ1v) is 6.79. The number of carbonyl (C=O) groups is 1. The van der Waals surface area contributed by atoms with Gasteiger partial charge in [0, 0.05) is 37.6 Å². The molecule has 0 bridgehead atoms. The molecule has 4 heteroatoms. The smallest absolute Gasteiger partial charge is 0.222 e. The van der Waals surface area contributed by atoms with Crippen LogP contribution in [0, 0.1) is 5.92 Å². The maximum Gasteiger partial charge on any atom is 0.222 e. The second-order valence-corrected chi connectivity index (χ2v) is 5.52. The Kier molecular flexibility index (Phi) is 4.40. The van der Waals surface area contributed by atoms with Gasteiger partial charge < -0.3 is 15.4 Å². The largest absolute Gasteiger partial charge is 0.381 e. The molecule has 1 saturated heterocycles. The van der Waals surface area contributed by atoms with Crippen molar-refractivity contribution in [2.24, 2.45) is 11.7 Å². The second-order valence-electron chi connectivity index (χ2n) is 5.52. The third-order valence-corrected chi connectivity index (χ3v) is 3.60. The monoisotopic (exact) mass is 240 g/mol. The molecule has 2 rings (SSSR count). The van der Waals surface area contributed by atoms with E-state index < -0.39 is 0 Å². The summed E-state index contributed by atoms with van der Waals surface area (Å²) in [6, 6.07) is 0.631. The number of nitrogens with two attached hydrogens (primary N) is 1. The van der Waals surface area contributed by atoms with Crippen LogP contribution >= 0.6 is 0 Å². The van der Waals surface area contributed by atoms with E-state index in [4.69, 9.17) is 10.5 Å². The van der Waals surface area contributed by atoms with Crippen LogP contribution in [-0.2, 0) is 9.53 Å². The summed E-state index contributed by atoms with van der Waals surface area (Å²) in [6.07, 6.45) is 4.85. The zero-order valence-electron chi connectivity index (χ0n) is 10.7. The van der Waals surface area contributed by atoms with E-state index >= 15 is 0 Å². The average Bonchev–Trinajstić information content (AvgIpc) is 3.00. The minimum Gasteiger partial charge on any atom is -0.381 e. The van der Waals surface area contributed by atoms with E-state index in [0.717, 1.165) is 32.6 Å². The lowest BCUT2D eigenvalue weighted by Gasteiger charge is -2.25. The van der Waals surface area contributed by atoms with Crippen LogP contribution in [0.25, 0.3) is 0 Å². The van der Waals surface area contributed by atoms with E-state index in [1.807, 2.05) is 6.92 Å². The molecular weight excluding hydrogens is 216 g/mol. The van der Waals surface area contributed by atoms with Gasteiger partial charge in [-0.15, -0.1) is 0 Å². The summed E-state index contributed by atoms with van der Waals surface area (Å²) in [4.78, 5) is 14.2. The van der Waals surface area contributed by atoms with E-state index in [-0.39, 0.29) is 11.9 Å². The van der Waals surface area contributed by atoms with E-state index in [9.17, 15) is 4.79 Å². The van der Waals surface area contributed by atoms with Gasteiger partial charge in [0.25, 0.3) is 0 Å². The molecule has 98 valence electrons. The van der Waals surface area contributed by atoms with E-state index in [1.54, 1.807) is 0 Å². The zero-order valence-corrected chi connectivity index (χ0v) is 10.7. The lowest BCUT2D eigenvalue weighted by Crippen LogP contribution is -2.38. The third kappa shape index (κ3) is 3.96. The summed E-state index contributed by atoms with van der Waals surface area (Å²) >= 11 is 0. The molecule has 1 aliphatic heterocycles. The Labute approximate surface area is 103 Å². The number of amides is 1. The molecule has 2 fully saturated rings. The van der Waals surface area contributed by atoms with Crippen molar-refractivity contribution < 1.29 is 9.53 Å². The Hall–Kier alpha value is -0.610. The molecule has 0 aromatic rings. The van der Waals surface area contributed by atoms with Crippen molar-refractivity contribution in [2.45, 2.75) is 51.1 Å². The lowest BCUT2D eigenvalue weighted by molar-refractivity contribution is -0.132. The Balaban J connectivity index is 1.80. The molecule has 2 atom stereocenters. The van der Waals surface area contributed by atoms with Crippen LogP contribution < -0.4 is 5.73 Å². The Bertz CT molecular complexity index is 258. The first-order chi connectivity index (χ1) is 8.16. The minimum absolute atomic E-state index is 0.120. The molecule has 2 aliphatic rings. The highest BCUT2D eigenvalue weighted by atomic mass is 16.5. The molecular formula is C13H24N2O2. The number of hydrogen-bond acceptors (Lipinski definition) is 3. The molecule has 4 nitrogen and oxygen atoms in total. The van der Waals surface area contributed by atoms with Crippen molar-refractivity contribution in [1.29, 1.82) is 0 Å². The molecule has 1 amide bonds. The quantitative estimate of drug-likeness (QED) is 0.757. The van der Waals surface area contributed by atoms with Gasteiger partial charge in [-0.2, -0.15) is 0 Å². The number of rotatable bonds is 6. The van der Waals surface area contributed by atoms with Gasteiger partial charge >= 0.3 is 0 Å². The average molecular weight is 240 g/mol. The molecule has 2 N–H and O–H groups in total. The fourth-order valence-electron chi connectivity index (χ4n) is 2.34. The predicted octanol–water partition coefficient (Wildman–Crippen LogP) is 1.14. The van der Waals surface area contributed by atoms with Crippen molar-refractivity contribution in [1.82, 2.24) is 4.90 Å². The van der Waals surface area contributed by atoms with Crippen molar-refractivity contribution in [3.63, 3.8) is 0 Å². The topological polar surface area (TPSA) is 55.6 Å². The van der Waals surface area contributed by atoms with Crippen molar-refractivity contribution >= 4 is 5.91 Å². The molecule has 0 aromatic heterocycles. The second kappa shape index (κ2) is 5.83. The number of ether oxygens (including phenoxy) is 1. The predicted molar refractivity (Wildman–Crippen MR) is 66.5 cm³/mol. The highest BCUT2D eigenvalue weighted by molar-refractivity contribution is 5.76. The normalized spacial score (nSPS) is 25.9. The van der Waals surface area contributed by atoms with Crippen LogP contribution in [0.5, 0.6) is 0 Å². The van der Waals surface area contributed by atoms with Crippen LogP contribution in [0.4, 0.5) is 0 Å². The summed E-state index contributed by atoms with van der Waals surface area (Å²) < 4.78 is 5.38. The molecule has 2 unspecified atom stereocenters. The van der Waals surface area contributed by atoms with Gasteiger partial charge in [0.1, 0.15) is 0 Å². The third-order valence-electron chi connectivity index (χ3n) is 3.60. The van der Waals surface area contributed by atoms with Gasteiger partial charge in [0.15, 0.2) is 0 Å². The summed E-state index contributed by atoms with van der Waals surface area (Å²) in [5, 5.41) is 0. The summed E-state index contributed by atoms with van der Waals surface area (Å²) in [6.45, 7) is 4.53. The van der Waals surface area contributed by atoms with E-state index in [0.29, 0.717) is 18.4 Å². The van der Waals surface area contributed by atoms with Crippen molar-refractivity contribution in [2.75, 3.05) is 19.8 Å². The summed E-state index contributed by atoms with van der Waals surface area (Å²) in [5.74, 6) is 0.839. The van der Waals surface area contributed by atoms with Crippen LogP contribution in [-0.4, -0.2) is 42.6 Å². The molecule has 0 aromatic carbocycles. The number of hydrogen-bond donors (Lipinski definition) is 1. The van der Waals surface area contributed by atoms with Gasteiger partial charge in [0.05, 0.1) is 6.61 Å². The van der Waals surface area contributed by atoms with Crippen LogP contribution in [0.15, 0.2) is 0 Å². The van der Waals surface area contributed by atoms with Gasteiger partial charge in [-0.25, -0.2) is 0 Å². The minimum atomic E-state index is 0.120. The summed E-state index contributed by atoms with van der Waals surface area (Å²) in [7, 11) is 0. The number of nitrogens with zero attached hydrogens (tertiary/aromatic N) is 1. The van der Waals surface area contributed by atoms with Gasteiger partial charge in [-0.05, 0) is 32.6 Å². The molecule has 0 radical (unpaired) electrons. The maximum absolute atomic E-state index is 12.1. The standard InChI is InChI=1S/C13H24N2O2/c1-10(14)2-5-13(16)15(12-3-4-12)8-11-6-7-17-9-11/h10-12H,2-9,14H2,1H3. The van der Waals surface area contributed by atoms with Gasteiger partial charge in [-0.3, -0.25) is 4.79 Å². The molecule has 0 spiro atoms. The fraction of sp³-hybridized carbons (Fsp3) is 0.923. The Morgan fingerprint density at radius 3 is 2.76 bits per heavy atom. The zero-order chi connectivity index (χ0) is 12.3. The fourth-order valence-corrected chi connectivity index (χ4v) is 2.34. The lowest BCUT2D eigenvalue weighted by atomic mass is 10.1. The number of carbonyl (C=O) groups excluding carboxylic acids is 1. The highest BCUT2D eigenvalue weighted by Gasteiger charge is 2.34. The van der Waals surface area contributed by atoms with Crippen LogP contribution in [0.3, 0.4) is 0 Å². The SMILES string of the molecule is CC(N)CCC(=O)N(CC1CCOC1)C1CC1.